The van der Waals surface area contributed by atoms with Gasteiger partial charge in [0.25, 0.3) is 0 Å². The van der Waals surface area contributed by atoms with Crippen LogP contribution >= 0.6 is 0 Å². The maximum Gasteiger partial charge on any atom is 0.416 e. The SMILES string of the molecule is O=C1C(c2ccc(C(F)(F)F)cc2C(F)(F)F)CCc2cc(F)ccc2N1CC#Cc1cccc(=O)[nH]1. The number of halogens is 7. The number of fused-ring (bicyclic) bond motifs is 1. The zero-order valence-electron chi connectivity index (χ0n) is 18.8. The monoisotopic (exact) mass is 522 g/mol. The van der Waals surface area contributed by atoms with Crippen molar-refractivity contribution in [3.8, 4) is 11.8 Å². The minimum Gasteiger partial charge on any atom is -0.315 e. The zero-order valence-corrected chi connectivity index (χ0v) is 18.8. The number of anilines is 1. The van der Waals surface area contributed by atoms with E-state index in [9.17, 15) is 40.3 Å². The summed E-state index contributed by atoms with van der Waals surface area (Å²) in [5, 5.41) is 0. The molecule has 3 aromatic rings. The molecule has 1 aliphatic rings. The molecule has 0 aliphatic carbocycles. The van der Waals surface area contributed by atoms with Gasteiger partial charge in [-0.3, -0.25) is 14.5 Å². The van der Waals surface area contributed by atoms with Gasteiger partial charge in [0.2, 0.25) is 11.5 Å². The number of rotatable bonds is 2. The van der Waals surface area contributed by atoms with Crippen LogP contribution in [0.2, 0.25) is 0 Å². The molecule has 1 atom stereocenters. The Hall–Kier alpha value is -4.07. The fourth-order valence-corrected chi connectivity index (χ4v) is 4.22. The van der Waals surface area contributed by atoms with Crippen LogP contribution in [-0.2, 0) is 23.6 Å². The number of alkyl halides is 6. The lowest BCUT2D eigenvalue weighted by Gasteiger charge is -2.26. The molecule has 11 heteroatoms. The van der Waals surface area contributed by atoms with Crippen molar-refractivity contribution >= 4 is 11.6 Å². The van der Waals surface area contributed by atoms with Gasteiger partial charge in [-0.05, 0) is 66.3 Å². The van der Waals surface area contributed by atoms with Crippen molar-refractivity contribution in [3.63, 3.8) is 0 Å². The van der Waals surface area contributed by atoms with E-state index in [4.69, 9.17) is 0 Å². The summed E-state index contributed by atoms with van der Waals surface area (Å²) >= 11 is 0. The van der Waals surface area contributed by atoms with Crippen LogP contribution < -0.4 is 10.5 Å². The lowest BCUT2D eigenvalue weighted by molar-refractivity contribution is -0.143. The molecule has 37 heavy (non-hydrogen) atoms. The van der Waals surface area contributed by atoms with Crippen molar-refractivity contribution in [1.29, 1.82) is 0 Å². The van der Waals surface area contributed by atoms with Crippen molar-refractivity contribution in [3.05, 3.63) is 98.7 Å². The van der Waals surface area contributed by atoms with Crippen LogP contribution in [0.25, 0.3) is 0 Å². The molecule has 0 fully saturated rings. The predicted octanol–water partition coefficient (Wildman–Crippen LogP) is 5.67. The van der Waals surface area contributed by atoms with Crippen molar-refractivity contribution in [2.75, 3.05) is 11.4 Å². The van der Waals surface area contributed by atoms with Crippen LogP contribution in [0.5, 0.6) is 0 Å². The van der Waals surface area contributed by atoms with Gasteiger partial charge in [-0.15, -0.1) is 0 Å². The van der Waals surface area contributed by atoms with Gasteiger partial charge < -0.3 is 4.98 Å². The molecular formula is C26H17F7N2O2. The van der Waals surface area contributed by atoms with E-state index in [-0.39, 0.29) is 36.8 Å². The number of hydrogen-bond donors (Lipinski definition) is 1. The molecule has 2 heterocycles. The number of amides is 1. The van der Waals surface area contributed by atoms with E-state index < -0.39 is 52.2 Å². The van der Waals surface area contributed by atoms with Crippen LogP contribution in [-0.4, -0.2) is 17.4 Å². The highest BCUT2D eigenvalue weighted by Gasteiger charge is 2.42. The summed E-state index contributed by atoms with van der Waals surface area (Å²) < 4.78 is 94.9. The predicted molar refractivity (Wildman–Crippen MR) is 120 cm³/mol. The molecule has 4 nitrogen and oxygen atoms in total. The minimum atomic E-state index is -5.16. The lowest BCUT2D eigenvalue weighted by atomic mass is 9.88. The molecule has 2 aromatic carbocycles. The average molecular weight is 522 g/mol. The molecule has 0 spiro atoms. The highest BCUT2D eigenvalue weighted by molar-refractivity contribution is 6.00. The second-order valence-electron chi connectivity index (χ2n) is 8.32. The molecule has 192 valence electrons. The third kappa shape index (κ3) is 5.69. The molecule has 1 aliphatic heterocycles. The van der Waals surface area contributed by atoms with Crippen molar-refractivity contribution < 1.29 is 35.5 Å². The van der Waals surface area contributed by atoms with E-state index in [1.54, 1.807) is 0 Å². The maximum atomic E-state index is 13.9. The number of nitrogens with zero attached hydrogens (tertiary/aromatic N) is 1. The summed E-state index contributed by atoms with van der Waals surface area (Å²) in [7, 11) is 0. The highest BCUT2D eigenvalue weighted by Crippen LogP contribution is 2.42. The molecule has 0 saturated heterocycles. The molecular weight excluding hydrogens is 505 g/mol. The first-order valence-electron chi connectivity index (χ1n) is 10.9. The number of aromatic amines is 1. The Kier molecular flexibility index (Phi) is 6.86. The normalized spacial score (nSPS) is 16.0. The van der Waals surface area contributed by atoms with E-state index in [0.717, 1.165) is 17.0 Å². The highest BCUT2D eigenvalue weighted by atomic mass is 19.4. The molecule has 1 amide bonds. The number of aryl methyl sites for hydroxylation is 1. The number of hydrogen-bond acceptors (Lipinski definition) is 2. The Morgan fingerprint density at radius 1 is 0.946 bits per heavy atom. The van der Waals surface area contributed by atoms with E-state index in [2.05, 4.69) is 16.8 Å². The summed E-state index contributed by atoms with van der Waals surface area (Å²) in [6.45, 7) is -0.327. The Morgan fingerprint density at radius 3 is 2.38 bits per heavy atom. The Labute approximate surface area is 205 Å². The molecule has 1 aromatic heterocycles. The standard InChI is InChI=1S/C26H17F7N2O2/c27-17-8-11-22-15(13-17)6-9-20(19-10-7-16(25(28,29)30)14-21(19)26(31,32)33)24(37)35(22)12-2-4-18-3-1-5-23(36)34-18/h1,3,5,7-8,10-11,13-14,20H,6,9,12H2,(H,34,36). The number of H-pyrrole nitrogens is 1. The van der Waals surface area contributed by atoms with E-state index in [0.29, 0.717) is 17.7 Å². The number of benzene rings is 2. The van der Waals surface area contributed by atoms with Crippen molar-refractivity contribution in [2.24, 2.45) is 0 Å². The van der Waals surface area contributed by atoms with Crippen LogP contribution in [0, 0.1) is 17.7 Å². The number of nitrogens with one attached hydrogen (secondary N) is 1. The third-order valence-corrected chi connectivity index (χ3v) is 5.89. The first-order chi connectivity index (χ1) is 17.3. The van der Waals surface area contributed by atoms with Crippen LogP contribution in [0.15, 0.2) is 59.4 Å². The van der Waals surface area contributed by atoms with Gasteiger partial charge in [0.15, 0.2) is 0 Å². The van der Waals surface area contributed by atoms with Gasteiger partial charge in [0.05, 0.1) is 29.3 Å². The van der Waals surface area contributed by atoms with Gasteiger partial charge in [0, 0.05) is 11.8 Å². The molecule has 1 N–H and O–H groups in total. The fraction of sp³-hybridized carbons (Fsp3) is 0.231. The summed E-state index contributed by atoms with van der Waals surface area (Å²) in [6.07, 6.45) is -10.4. The zero-order chi connectivity index (χ0) is 27.0. The number of carbonyl (C=O) groups excluding carboxylic acids is 1. The lowest BCUT2D eigenvalue weighted by Crippen LogP contribution is -2.35. The minimum absolute atomic E-state index is 0.00223. The molecule has 0 radical (unpaired) electrons. The fourth-order valence-electron chi connectivity index (χ4n) is 4.22. The largest absolute Gasteiger partial charge is 0.416 e. The summed E-state index contributed by atoms with van der Waals surface area (Å²) in [5.74, 6) is 2.42. The van der Waals surface area contributed by atoms with Gasteiger partial charge in [-0.1, -0.05) is 18.1 Å². The van der Waals surface area contributed by atoms with E-state index in [1.165, 1.54) is 24.3 Å². The van der Waals surface area contributed by atoms with Crippen LogP contribution in [0.4, 0.5) is 36.4 Å². The number of carbonyl (C=O) groups is 1. The molecule has 4 rings (SSSR count). The summed E-state index contributed by atoms with van der Waals surface area (Å²) in [4.78, 5) is 28.6. The smallest absolute Gasteiger partial charge is 0.315 e. The Morgan fingerprint density at radius 2 is 1.70 bits per heavy atom. The van der Waals surface area contributed by atoms with E-state index >= 15 is 0 Å². The summed E-state index contributed by atoms with van der Waals surface area (Å²) in [6, 6.07) is 8.93. The average Bonchev–Trinajstić information content (AvgIpc) is 2.94. The molecule has 0 bridgehead atoms. The van der Waals surface area contributed by atoms with E-state index in [1.807, 2.05) is 0 Å². The summed E-state index contributed by atoms with van der Waals surface area (Å²) in [5.41, 5.74) is -3.28. The van der Waals surface area contributed by atoms with Crippen LogP contribution in [0.3, 0.4) is 0 Å². The molecule has 0 saturated carbocycles. The van der Waals surface area contributed by atoms with Gasteiger partial charge >= 0.3 is 12.4 Å². The topological polar surface area (TPSA) is 53.2 Å². The van der Waals surface area contributed by atoms with Crippen LogP contribution in [0.1, 0.15) is 40.3 Å². The number of aromatic nitrogens is 1. The van der Waals surface area contributed by atoms with Gasteiger partial charge in [-0.2, -0.15) is 26.3 Å². The second-order valence-corrected chi connectivity index (χ2v) is 8.32. The first-order valence-corrected chi connectivity index (χ1v) is 10.9. The third-order valence-electron chi connectivity index (χ3n) is 5.89. The van der Waals surface area contributed by atoms with Crippen molar-refractivity contribution in [1.82, 2.24) is 4.98 Å². The maximum absolute atomic E-state index is 13.9. The first kappa shape index (κ1) is 26.0. The van der Waals surface area contributed by atoms with Gasteiger partial charge in [0.1, 0.15) is 5.82 Å². The van der Waals surface area contributed by atoms with Crippen molar-refractivity contribution in [2.45, 2.75) is 31.1 Å². The molecule has 1 unspecified atom stereocenters. The Bertz CT molecular complexity index is 1460. The Balaban J connectivity index is 1.79. The number of pyridine rings is 1. The quantitative estimate of drug-likeness (QED) is 0.349. The second kappa shape index (κ2) is 9.76. The van der Waals surface area contributed by atoms with Gasteiger partial charge in [-0.25, -0.2) is 4.39 Å².